The minimum absolute atomic E-state index is 0.212. The monoisotopic (exact) mass is 311 g/mol. The highest BCUT2D eigenvalue weighted by Gasteiger charge is 2.15. The van der Waals surface area contributed by atoms with E-state index in [1.807, 2.05) is 18.2 Å². The van der Waals surface area contributed by atoms with Gasteiger partial charge in [0.05, 0.1) is 12.6 Å². The molecule has 1 aromatic carbocycles. The van der Waals surface area contributed by atoms with Crippen molar-refractivity contribution in [3.63, 3.8) is 0 Å². The first kappa shape index (κ1) is 12.7. The number of hydrogen-bond donors (Lipinski definition) is 1. The Bertz CT molecular complexity index is 570. The van der Waals surface area contributed by atoms with E-state index >= 15 is 0 Å². The maximum atomic E-state index is 10.5. The summed E-state index contributed by atoms with van der Waals surface area (Å²) in [6, 6.07) is 7.29. The van der Waals surface area contributed by atoms with Crippen LogP contribution in [0.3, 0.4) is 0 Å². The molecule has 0 aliphatic heterocycles. The molecule has 0 fully saturated rings. The van der Waals surface area contributed by atoms with E-state index in [0.717, 1.165) is 10.0 Å². The van der Waals surface area contributed by atoms with Crippen molar-refractivity contribution < 1.29 is 10.0 Å². The Morgan fingerprint density at radius 2 is 2.22 bits per heavy atom. The van der Waals surface area contributed by atoms with Crippen molar-refractivity contribution in [2.24, 2.45) is 0 Å². The normalized spacial score (nSPS) is 12.3. The number of halogens is 1. The predicted octanol–water partition coefficient (Wildman–Crippen LogP) is 2.29. The summed E-state index contributed by atoms with van der Waals surface area (Å²) < 4.78 is 2.29. The molecule has 0 aliphatic carbocycles. The number of imidazole rings is 1. The summed E-state index contributed by atoms with van der Waals surface area (Å²) in [7, 11) is 0. The smallest absolute Gasteiger partial charge is 0.381 e. The van der Waals surface area contributed by atoms with Gasteiger partial charge in [0.15, 0.2) is 0 Å². The third-order valence-electron chi connectivity index (χ3n) is 2.45. The van der Waals surface area contributed by atoms with E-state index in [1.165, 1.54) is 17.1 Å². The number of nitro groups is 1. The van der Waals surface area contributed by atoms with Gasteiger partial charge in [0.1, 0.15) is 6.20 Å². The van der Waals surface area contributed by atoms with Gasteiger partial charge in [-0.15, -0.1) is 0 Å². The molecule has 0 saturated heterocycles. The van der Waals surface area contributed by atoms with Gasteiger partial charge in [-0.2, -0.15) is 0 Å². The minimum atomic E-state index is -0.755. The molecule has 1 atom stereocenters. The van der Waals surface area contributed by atoms with Crippen molar-refractivity contribution in [3.8, 4) is 0 Å². The van der Waals surface area contributed by atoms with E-state index in [2.05, 4.69) is 20.9 Å². The molecule has 1 N–H and O–H groups in total. The molecule has 7 heteroatoms. The average molecular weight is 312 g/mol. The van der Waals surface area contributed by atoms with Crippen molar-refractivity contribution in [3.05, 3.63) is 56.9 Å². The second-order valence-corrected chi connectivity index (χ2v) is 4.58. The quantitative estimate of drug-likeness (QED) is 0.694. The van der Waals surface area contributed by atoms with Crippen molar-refractivity contribution in [1.82, 2.24) is 9.55 Å². The van der Waals surface area contributed by atoms with E-state index in [0.29, 0.717) is 0 Å². The van der Waals surface area contributed by atoms with Gasteiger partial charge in [-0.25, -0.2) is 0 Å². The minimum Gasteiger partial charge on any atom is -0.386 e. The number of hydrogen-bond acceptors (Lipinski definition) is 4. The van der Waals surface area contributed by atoms with Crippen LogP contribution in [0.1, 0.15) is 11.7 Å². The Morgan fingerprint density at radius 3 is 2.83 bits per heavy atom. The zero-order chi connectivity index (χ0) is 13.1. The van der Waals surface area contributed by atoms with Crippen LogP contribution in [0, 0.1) is 10.1 Å². The molecule has 94 valence electrons. The van der Waals surface area contributed by atoms with E-state index in [4.69, 9.17) is 0 Å². The van der Waals surface area contributed by atoms with E-state index < -0.39 is 11.0 Å². The second kappa shape index (κ2) is 5.28. The zero-order valence-electron chi connectivity index (χ0n) is 9.23. The summed E-state index contributed by atoms with van der Waals surface area (Å²) in [5.41, 5.74) is 0.730. The molecule has 18 heavy (non-hydrogen) atoms. The van der Waals surface area contributed by atoms with Crippen LogP contribution in [-0.2, 0) is 6.54 Å². The van der Waals surface area contributed by atoms with Crippen molar-refractivity contribution in [2.45, 2.75) is 12.6 Å². The molecular weight excluding hydrogens is 302 g/mol. The Morgan fingerprint density at radius 1 is 1.50 bits per heavy atom. The third kappa shape index (κ3) is 2.74. The van der Waals surface area contributed by atoms with Gasteiger partial charge in [0.2, 0.25) is 6.33 Å². The number of benzene rings is 1. The van der Waals surface area contributed by atoms with Gasteiger partial charge in [0, 0.05) is 4.47 Å². The summed E-state index contributed by atoms with van der Waals surface area (Å²) in [6.45, 7) is 0.212. The van der Waals surface area contributed by atoms with Crippen LogP contribution >= 0.6 is 15.9 Å². The Hall–Kier alpha value is -1.73. The molecule has 0 saturated carbocycles. The van der Waals surface area contributed by atoms with E-state index in [9.17, 15) is 15.2 Å². The summed E-state index contributed by atoms with van der Waals surface area (Å²) in [6.07, 6.45) is 1.87. The molecule has 2 aromatic rings. The predicted molar refractivity (Wildman–Crippen MR) is 68.0 cm³/mol. The SMILES string of the molecule is O=[N+]([O-])c1cn(CC(O)c2ccccc2Br)cn1. The zero-order valence-corrected chi connectivity index (χ0v) is 10.8. The Labute approximate surface area is 111 Å². The molecule has 0 radical (unpaired) electrons. The summed E-state index contributed by atoms with van der Waals surface area (Å²) in [5, 5.41) is 20.5. The van der Waals surface area contributed by atoms with Crippen LogP contribution in [0.5, 0.6) is 0 Å². The molecular formula is C11H10BrN3O3. The van der Waals surface area contributed by atoms with Crippen LogP contribution in [-0.4, -0.2) is 19.6 Å². The van der Waals surface area contributed by atoms with Crippen molar-refractivity contribution in [1.29, 1.82) is 0 Å². The lowest BCUT2D eigenvalue weighted by atomic mass is 10.1. The van der Waals surface area contributed by atoms with Gasteiger partial charge in [0.25, 0.3) is 0 Å². The fourth-order valence-corrected chi connectivity index (χ4v) is 2.13. The molecule has 2 rings (SSSR count). The fourth-order valence-electron chi connectivity index (χ4n) is 1.59. The van der Waals surface area contributed by atoms with Crippen LogP contribution in [0.2, 0.25) is 0 Å². The highest BCUT2D eigenvalue weighted by Crippen LogP contribution is 2.24. The van der Waals surface area contributed by atoms with E-state index in [1.54, 1.807) is 6.07 Å². The number of aromatic nitrogens is 2. The van der Waals surface area contributed by atoms with Crippen LogP contribution < -0.4 is 0 Å². The van der Waals surface area contributed by atoms with Crippen LogP contribution in [0.4, 0.5) is 5.82 Å². The highest BCUT2D eigenvalue weighted by atomic mass is 79.9. The van der Waals surface area contributed by atoms with Crippen LogP contribution in [0.15, 0.2) is 41.3 Å². The first-order chi connectivity index (χ1) is 8.58. The van der Waals surface area contributed by atoms with Crippen molar-refractivity contribution in [2.75, 3.05) is 0 Å². The molecule has 6 nitrogen and oxygen atoms in total. The van der Waals surface area contributed by atoms with Crippen LogP contribution in [0.25, 0.3) is 0 Å². The molecule has 0 spiro atoms. The standard InChI is InChI=1S/C11H10BrN3O3/c12-9-4-2-1-3-8(9)10(16)5-14-6-11(13-7-14)15(17)18/h1-4,6-7,10,16H,5H2. The van der Waals surface area contributed by atoms with Gasteiger partial charge in [-0.05, 0) is 21.5 Å². The lowest BCUT2D eigenvalue weighted by molar-refractivity contribution is -0.389. The fraction of sp³-hybridized carbons (Fsp3) is 0.182. The highest BCUT2D eigenvalue weighted by molar-refractivity contribution is 9.10. The summed E-state index contributed by atoms with van der Waals surface area (Å²) in [4.78, 5) is 13.5. The maximum absolute atomic E-state index is 10.5. The number of rotatable bonds is 4. The lowest BCUT2D eigenvalue weighted by Gasteiger charge is -2.12. The first-order valence-corrected chi connectivity index (χ1v) is 5.96. The van der Waals surface area contributed by atoms with Gasteiger partial charge < -0.3 is 19.8 Å². The average Bonchev–Trinajstić information content (AvgIpc) is 2.78. The maximum Gasteiger partial charge on any atom is 0.381 e. The number of aliphatic hydroxyl groups is 1. The molecule has 0 aliphatic rings. The van der Waals surface area contributed by atoms with Gasteiger partial charge >= 0.3 is 5.82 Å². The molecule has 1 heterocycles. The van der Waals surface area contributed by atoms with E-state index in [-0.39, 0.29) is 12.4 Å². The Balaban J connectivity index is 2.13. The first-order valence-electron chi connectivity index (χ1n) is 5.16. The second-order valence-electron chi connectivity index (χ2n) is 3.72. The van der Waals surface area contributed by atoms with Gasteiger partial charge in [-0.1, -0.05) is 34.1 Å². The largest absolute Gasteiger partial charge is 0.386 e. The third-order valence-corrected chi connectivity index (χ3v) is 3.18. The Kier molecular flexibility index (Phi) is 3.73. The van der Waals surface area contributed by atoms with Crippen molar-refractivity contribution >= 4 is 21.7 Å². The number of aliphatic hydroxyl groups excluding tert-OH is 1. The topological polar surface area (TPSA) is 81.2 Å². The summed E-state index contributed by atoms with van der Waals surface area (Å²) in [5.74, 6) is -0.227. The molecule has 0 amide bonds. The number of nitrogens with zero attached hydrogens (tertiary/aromatic N) is 3. The molecule has 1 aromatic heterocycles. The van der Waals surface area contributed by atoms with Gasteiger partial charge in [-0.3, -0.25) is 0 Å². The summed E-state index contributed by atoms with van der Waals surface area (Å²) >= 11 is 3.35. The molecule has 1 unspecified atom stereocenters. The lowest BCUT2D eigenvalue weighted by Crippen LogP contribution is -2.07. The molecule has 0 bridgehead atoms.